The fourth-order valence-corrected chi connectivity index (χ4v) is 3.90. The summed E-state index contributed by atoms with van der Waals surface area (Å²) in [6.07, 6.45) is 5.14. The van der Waals surface area contributed by atoms with Gasteiger partial charge < -0.3 is 10.5 Å². The third-order valence-electron chi connectivity index (χ3n) is 3.26. The standard InChI is InChI=1S/C11H23NO3S/c1-15-7-4-8-16(13,14)9-11(12)10-5-2-3-6-10/h10-11H,2-9,12H2,1H3. The molecule has 1 aliphatic rings. The minimum absolute atomic E-state index is 0.140. The molecule has 5 heteroatoms. The van der Waals surface area contributed by atoms with Gasteiger partial charge in [-0.1, -0.05) is 12.8 Å². The number of methoxy groups -OCH3 is 1. The van der Waals surface area contributed by atoms with Crippen molar-refractivity contribution in [3.8, 4) is 0 Å². The number of sulfone groups is 1. The fourth-order valence-electron chi connectivity index (χ4n) is 2.32. The Bertz CT molecular complexity index is 284. The van der Waals surface area contributed by atoms with E-state index in [1.54, 1.807) is 7.11 Å². The Morgan fingerprint density at radius 3 is 2.56 bits per heavy atom. The first kappa shape index (κ1) is 13.9. The van der Waals surface area contributed by atoms with E-state index in [1.807, 2.05) is 0 Å². The molecule has 0 amide bonds. The number of nitrogens with two attached hydrogens (primary N) is 1. The van der Waals surface area contributed by atoms with Crippen LogP contribution >= 0.6 is 0 Å². The van der Waals surface area contributed by atoms with Gasteiger partial charge in [0.05, 0.1) is 11.5 Å². The van der Waals surface area contributed by atoms with Crippen molar-refractivity contribution in [1.29, 1.82) is 0 Å². The van der Waals surface area contributed by atoms with E-state index in [9.17, 15) is 8.42 Å². The van der Waals surface area contributed by atoms with Crippen LogP contribution in [0.3, 0.4) is 0 Å². The molecule has 1 unspecified atom stereocenters. The maximum absolute atomic E-state index is 11.7. The van der Waals surface area contributed by atoms with Gasteiger partial charge in [-0.15, -0.1) is 0 Å². The van der Waals surface area contributed by atoms with E-state index in [0.717, 1.165) is 12.8 Å². The van der Waals surface area contributed by atoms with Crippen LogP contribution in [-0.4, -0.2) is 39.7 Å². The Kier molecular flexibility index (Phi) is 5.72. The lowest BCUT2D eigenvalue weighted by Gasteiger charge is -2.18. The average molecular weight is 249 g/mol. The highest BCUT2D eigenvalue weighted by Gasteiger charge is 2.26. The van der Waals surface area contributed by atoms with Crippen molar-refractivity contribution in [2.24, 2.45) is 11.7 Å². The van der Waals surface area contributed by atoms with Gasteiger partial charge in [-0.05, 0) is 25.2 Å². The van der Waals surface area contributed by atoms with Crippen LogP contribution in [0.1, 0.15) is 32.1 Å². The van der Waals surface area contributed by atoms with Crippen LogP contribution < -0.4 is 5.73 Å². The van der Waals surface area contributed by atoms with Gasteiger partial charge in [-0.2, -0.15) is 0 Å². The van der Waals surface area contributed by atoms with Crippen LogP contribution in [-0.2, 0) is 14.6 Å². The monoisotopic (exact) mass is 249 g/mol. The van der Waals surface area contributed by atoms with Gasteiger partial charge in [0.2, 0.25) is 0 Å². The van der Waals surface area contributed by atoms with E-state index in [-0.39, 0.29) is 17.5 Å². The molecule has 2 N–H and O–H groups in total. The van der Waals surface area contributed by atoms with Crippen molar-refractivity contribution in [3.63, 3.8) is 0 Å². The van der Waals surface area contributed by atoms with Gasteiger partial charge in [-0.3, -0.25) is 0 Å². The molecule has 0 radical (unpaired) electrons. The maximum Gasteiger partial charge on any atom is 0.151 e. The van der Waals surface area contributed by atoms with E-state index < -0.39 is 9.84 Å². The van der Waals surface area contributed by atoms with Gasteiger partial charge in [-0.25, -0.2) is 8.42 Å². The molecule has 0 aromatic carbocycles. The zero-order valence-electron chi connectivity index (χ0n) is 10.0. The lowest BCUT2D eigenvalue weighted by atomic mass is 10.0. The molecule has 0 heterocycles. The molecule has 16 heavy (non-hydrogen) atoms. The van der Waals surface area contributed by atoms with Crippen molar-refractivity contribution < 1.29 is 13.2 Å². The van der Waals surface area contributed by atoms with Gasteiger partial charge in [0.15, 0.2) is 9.84 Å². The highest BCUT2D eigenvalue weighted by atomic mass is 32.2. The fraction of sp³-hybridized carbons (Fsp3) is 1.00. The van der Waals surface area contributed by atoms with Crippen LogP contribution in [0.25, 0.3) is 0 Å². The van der Waals surface area contributed by atoms with E-state index in [2.05, 4.69) is 0 Å². The van der Waals surface area contributed by atoms with Crippen LogP contribution in [0.15, 0.2) is 0 Å². The Labute approximate surface area is 98.5 Å². The van der Waals surface area contributed by atoms with Crippen molar-refractivity contribution in [3.05, 3.63) is 0 Å². The normalized spacial score (nSPS) is 20.1. The third kappa shape index (κ3) is 4.80. The maximum atomic E-state index is 11.7. The summed E-state index contributed by atoms with van der Waals surface area (Å²) in [6, 6.07) is -0.171. The van der Waals surface area contributed by atoms with Crippen molar-refractivity contribution in [1.82, 2.24) is 0 Å². The zero-order chi connectivity index (χ0) is 12.0. The number of rotatable bonds is 7. The first-order valence-electron chi connectivity index (χ1n) is 6.00. The van der Waals surface area contributed by atoms with Crippen molar-refractivity contribution in [2.75, 3.05) is 25.2 Å². The Morgan fingerprint density at radius 2 is 2.00 bits per heavy atom. The summed E-state index contributed by atoms with van der Waals surface area (Å²) in [7, 11) is -1.42. The van der Waals surface area contributed by atoms with Crippen LogP contribution in [0.2, 0.25) is 0 Å². The summed E-state index contributed by atoms with van der Waals surface area (Å²) in [5.74, 6) is 0.750. The molecule has 1 rings (SSSR count). The molecule has 0 aromatic rings. The molecule has 96 valence electrons. The van der Waals surface area contributed by atoms with Crippen molar-refractivity contribution in [2.45, 2.75) is 38.1 Å². The molecule has 0 spiro atoms. The van der Waals surface area contributed by atoms with Crippen molar-refractivity contribution >= 4 is 9.84 Å². The summed E-state index contributed by atoms with van der Waals surface area (Å²) in [4.78, 5) is 0. The summed E-state index contributed by atoms with van der Waals surface area (Å²) < 4.78 is 28.3. The quantitative estimate of drug-likeness (QED) is 0.682. The average Bonchev–Trinajstić information content (AvgIpc) is 2.69. The van der Waals surface area contributed by atoms with Gasteiger partial charge >= 0.3 is 0 Å². The molecular formula is C11H23NO3S. The second-order valence-electron chi connectivity index (χ2n) is 4.67. The predicted octanol–water partition coefficient (Wildman–Crippen LogP) is 0.955. The summed E-state index contributed by atoms with van der Waals surface area (Å²) in [6.45, 7) is 0.498. The zero-order valence-corrected chi connectivity index (χ0v) is 10.8. The second kappa shape index (κ2) is 6.57. The van der Waals surface area contributed by atoms with Gasteiger partial charge in [0.25, 0.3) is 0 Å². The molecule has 1 fully saturated rings. The van der Waals surface area contributed by atoms with E-state index in [0.29, 0.717) is 18.9 Å². The molecule has 0 saturated heterocycles. The van der Waals surface area contributed by atoms with Gasteiger partial charge in [0, 0.05) is 19.8 Å². The Hall–Kier alpha value is -0.130. The SMILES string of the molecule is COCCCS(=O)(=O)CC(N)C1CCCC1. The molecule has 0 bridgehead atoms. The lowest BCUT2D eigenvalue weighted by molar-refractivity contribution is 0.199. The Balaban J connectivity index is 2.33. The molecule has 0 aromatic heterocycles. The molecule has 0 aliphatic heterocycles. The van der Waals surface area contributed by atoms with E-state index in [1.165, 1.54) is 12.8 Å². The second-order valence-corrected chi connectivity index (χ2v) is 6.90. The largest absolute Gasteiger partial charge is 0.385 e. The number of ether oxygens (including phenoxy) is 1. The minimum atomic E-state index is -3.00. The topological polar surface area (TPSA) is 69.4 Å². The lowest BCUT2D eigenvalue weighted by Crippen LogP contribution is -2.36. The highest BCUT2D eigenvalue weighted by Crippen LogP contribution is 2.27. The molecule has 1 saturated carbocycles. The molecule has 1 aliphatic carbocycles. The Morgan fingerprint density at radius 1 is 1.38 bits per heavy atom. The smallest absolute Gasteiger partial charge is 0.151 e. The third-order valence-corrected chi connectivity index (χ3v) is 5.06. The molecular weight excluding hydrogens is 226 g/mol. The van der Waals surface area contributed by atoms with E-state index in [4.69, 9.17) is 10.5 Å². The predicted molar refractivity (Wildman–Crippen MR) is 65.1 cm³/mol. The molecule has 4 nitrogen and oxygen atoms in total. The first-order chi connectivity index (χ1) is 7.55. The first-order valence-corrected chi connectivity index (χ1v) is 7.82. The minimum Gasteiger partial charge on any atom is -0.385 e. The van der Waals surface area contributed by atoms with E-state index >= 15 is 0 Å². The van der Waals surface area contributed by atoms with Crippen LogP contribution in [0.4, 0.5) is 0 Å². The number of hydrogen-bond donors (Lipinski definition) is 1. The molecule has 1 atom stereocenters. The summed E-state index contributed by atoms with van der Waals surface area (Å²) in [5.41, 5.74) is 5.96. The number of hydrogen-bond acceptors (Lipinski definition) is 4. The van der Waals surface area contributed by atoms with Gasteiger partial charge in [0.1, 0.15) is 0 Å². The highest BCUT2D eigenvalue weighted by molar-refractivity contribution is 7.91. The summed E-state index contributed by atoms with van der Waals surface area (Å²) in [5, 5.41) is 0. The van der Waals surface area contributed by atoms with Crippen LogP contribution in [0.5, 0.6) is 0 Å². The summed E-state index contributed by atoms with van der Waals surface area (Å²) >= 11 is 0. The van der Waals surface area contributed by atoms with Crippen LogP contribution in [0, 0.1) is 5.92 Å².